The van der Waals surface area contributed by atoms with Crippen LogP contribution < -0.4 is 21.3 Å². The standard InChI is InChI=1S/C110H142N10O8/c1-11-15-17-19-21-23-25-27-29-31-33-35-37-39-41-45-55-127-103(123)53-51-79-71(7)95-63-91-73(9)89(99(117-91)65-93-69(5)77(13-3)97(115-93)59-75-57-85-101(121)61-87(105(79)119-95)107(85)113-75)67-111-109(125)83-49-50-84(82-48-44-43-47-81(82)83)110(126)112-68-90-74(10)92-64-96-72(8)80(52-54-104(124)128-56-46-42-40-38-36-34-32-30-28-26-24-22-20-18-16-12-2)106(120-96)88-62-102(122)86-58-76(114-108(86)88)60-98-78(14-4)70(6)94(116-98)66-100(90)118-92/h43-44,47-50,57-60,63-66,71-72,79-80,119-122H,11-42,45-46,51-56,61-62,67-68H2,1-10H3,(H,111,125)(H,112,126)/t71-,72-,79-,80-/m0/s1. The number of carbonyl (C=O) groups excluding carboxylic acids is 4. The summed E-state index contributed by atoms with van der Waals surface area (Å²) in [6.45, 7) is 22.6. The molecule has 4 atom stereocenters. The number of carbonyl (C=O) groups is 4. The van der Waals surface area contributed by atoms with E-state index in [2.05, 4.69) is 88.8 Å². The first-order chi connectivity index (χ1) is 62.3. The largest absolute Gasteiger partial charge is 0.511 e. The molecule has 0 aromatic heterocycles. The third-order valence-electron chi connectivity index (χ3n) is 28.7. The summed E-state index contributed by atoms with van der Waals surface area (Å²) < 4.78 is 11.8. The maximum Gasteiger partial charge on any atom is 0.305 e. The maximum atomic E-state index is 15.1. The number of ether oxygens (including phenoxy) is 2. The third-order valence-corrected chi connectivity index (χ3v) is 28.7. The van der Waals surface area contributed by atoms with Gasteiger partial charge in [-0.25, -0.2) is 30.0 Å². The molecule has 18 heteroatoms. The zero-order valence-corrected chi connectivity index (χ0v) is 78.5. The van der Waals surface area contributed by atoms with Crippen molar-refractivity contribution in [3.05, 3.63) is 231 Å². The van der Waals surface area contributed by atoms with Crippen LogP contribution in [0.3, 0.4) is 0 Å². The van der Waals surface area contributed by atoms with E-state index < -0.39 is 0 Å². The average molecular weight is 1730 g/mol. The van der Waals surface area contributed by atoms with Crippen LogP contribution in [0.25, 0.3) is 10.8 Å². The lowest BCUT2D eigenvalue weighted by atomic mass is 9.86. The van der Waals surface area contributed by atoms with Crippen LogP contribution >= 0.6 is 0 Å². The molecule has 128 heavy (non-hydrogen) atoms. The summed E-state index contributed by atoms with van der Waals surface area (Å²) in [4.78, 5) is 89.2. The van der Waals surface area contributed by atoms with E-state index in [0.717, 1.165) is 176 Å². The van der Waals surface area contributed by atoms with Gasteiger partial charge in [-0.15, -0.1) is 0 Å². The molecule has 0 radical (unpaired) electrons. The minimum atomic E-state index is -0.318. The van der Waals surface area contributed by atoms with Gasteiger partial charge in [-0.2, -0.15) is 0 Å². The van der Waals surface area contributed by atoms with Gasteiger partial charge in [-0.1, -0.05) is 258 Å². The van der Waals surface area contributed by atoms with E-state index in [1.54, 1.807) is 12.1 Å². The number of aliphatic hydroxyl groups excluding tert-OH is 2. The minimum absolute atomic E-state index is 0.0792. The van der Waals surface area contributed by atoms with Gasteiger partial charge < -0.3 is 41.0 Å². The molecule has 2 aromatic carbocycles. The molecule has 0 spiro atoms. The summed E-state index contributed by atoms with van der Waals surface area (Å²) >= 11 is 0. The van der Waals surface area contributed by atoms with Crippen molar-refractivity contribution in [1.82, 2.24) is 21.3 Å². The Morgan fingerprint density at radius 2 is 0.703 bits per heavy atom. The Hall–Kier alpha value is -10.4. The van der Waals surface area contributed by atoms with Gasteiger partial charge in [0.05, 0.1) is 81.7 Å². The summed E-state index contributed by atoms with van der Waals surface area (Å²) in [5, 5.41) is 38.9. The Morgan fingerprint density at radius 3 is 1.04 bits per heavy atom. The molecule has 0 saturated carbocycles. The van der Waals surface area contributed by atoms with Crippen LogP contribution in [0, 0.1) is 23.7 Å². The van der Waals surface area contributed by atoms with Crippen molar-refractivity contribution in [3.8, 4) is 0 Å². The number of nitrogens with zero attached hydrogens (tertiary/aromatic N) is 6. The molecule has 0 unspecified atom stereocenters. The highest BCUT2D eigenvalue weighted by Crippen LogP contribution is 2.48. The molecule has 10 heterocycles. The van der Waals surface area contributed by atoms with Gasteiger partial charge in [-0.3, -0.25) is 19.2 Å². The van der Waals surface area contributed by atoms with E-state index >= 15 is 9.59 Å². The number of amides is 2. The van der Waals surface area contributed by atoms with E-state index in [0.29, 0.717) is 94.7 Å². The average Bonchev–Trinajstić information content (AvgIpc) is 1.57. The highest BCUT2D eigenvalue weighted by atomic mass is 16.5. The topological polar surface area (TPSA) is 249 Å². The fourth-order valence-electron chi connectivity index (χ4n) is 20.8. The number of hydrogen-bond donors (Lipinski definition) is 6. The number of esters is 2. The van der Waals surface area contributed by atoms with Crippen molar-refractivity contribution < 1.29 is 38.9 Å². The van der Waals surface area contributed by atoms with Crippen LogP contribution in [0.2, 0.25) is 0 Å². The van der Waals surface area contributed by atoms with E-state index in [-0.39, 0.29) is 84.9 Å². The monoisotopic (exact) mass is 1730 g/mol. The zero-order chi connectivity index (χ0) is 89.7. The normalized spacial score (nSPS) is 20.2. The molecule has 2 fully saturated rings. The summed E-state index contributed by atoms with van der Waals surface area (Å²) in [6, 6.07) is 11.0. The van der Waals surface area contributed by atoms with E-state index in [1.807, 2.05) is 74.6 Å². The van der Waals surface area contributed by atoms with Crippen LogP contribution in [0.5, 0.6) is 0 Å². The summed E-state index contributed by atoms with van der Waals surface area (Å²) in [5.74, 6) is -0.908. The lowest BCUT2D eigenvalue weighted by molar-refractivity contribution is -0.145. The number of aliphatic hydroxyl groups is 2. The molecule has 14 rings (SSSR count). The molecule has 2 amide bonds. The quantitative estimate of drug-likeness (QED) is 0.0270. The Bertz CT molecular complexity index is 5040. The van der Waals surface area contributed by atoms with Gasteiger partial charge in [-0.05, 0) is 171 Å². The van der Waals surface area contributed by atoms with Crippen LogP contribution in [-0.4, -0.2) is 94.5 Å². The first kappa shape index (κ1) is 93.8. The SMILES string of the molecule is CCCCCCCCCCCCCCCCCCOC(=O)CC[C@@H]1C2=C3CC(O)=C4C=C(C=C5N=C(C=C6N=C(C=C(N2)[C@H]1C)C(C)=C6CNC(=O)c1ccc(C(=O)NCC2=C(C)C6=NC2=CC2=NC(=CC7=CC8=C(O)CC(=C9NC(=C6)[C@@H](C)[C@@H]9CCC(=O)OCCCCCCCCCCCCCCCCCC)C8=N7)C(CC)=C2C)c2ccccc12)C(C)=C5CC)N=C43. The van der Waals surface area contributed by atoms with E-state index in [1.165, 1.54) is 167 Å². The second-order valence-electron chi connectivity index (χ2n) is 37.6. The lowest BCUT2D eigenvalue weighted by Gasteiger charge is -2.17. The fraction of sp³-hybridized carbons (Fsp3) is 0.527. The zero-order valence-electron chi connectivity index (χ0n) is 78.5. The summed E-state index contributed by atoms with van der Waals surface area (Å²) in [6.07, 6.45) is 60.9. The second-order valence-corrected chi connectivity index (χ2v) is 37.6. The lowest BCUT2D eigenvalue weighted by Crippen LogP contribution is -2.28. The van der Waals surface area contributed by atoms with Crippen molar-refractivity contribution in [1.29, 1.82) is 0 Å². The Labute approximate surface area is 762 Å². The molecule has 10 aliphatic heterocycles. The van der Waals surface area contributed by atoms with Gasteiger partial charge in [0.25, 0.3) is 11.8 Å². The highest BCUT2D eigenvalue weighted by molar-refractivity contribution is 6.22. The number of benzene rings is 2. The van der Waals surface area contributed by atoms with E-state index in [9.17, 15) is 19.8 Å². The molecule has 2 aromatic rings. The van der Waals surface area contributed by atoms with Crippen molar-refractivity contribution >= 4 is 68.8 Å². The number of allylic oxidation sites excluding steroid dienone is 22. The molecular weight excluding hydrogens is 1590 g/mol. The number of fused-ring (bicyclic) bond motifs is 11. The Morgan fingerprint density at radius 1 is 0.391 bits per heavy atom. The number of aliphatic imine (C=N–C) groups is 6. The molecule has 2 aliphatic carbocycles. The molecule has 2 saturated heterocycles. The van der Waals surface area contributed by atoms with Crippen LogP contribution in [-0.2, 0) is 19.1 Å². The molecule has 16 bridgehead atoms. The van der Waals surface area contributed by atoms with Gasteiger partial charge in [0.1, 0.15) is 11.5 Å². The first-order valence-electron chi connectivity index (χ1n) is 49.7. The number of nitrogens with one attached hydrogen (secondary N) is 4. The first-order valence-corrected chi connectivity index (χ1v) is 49.7. The predicted molar refractivity (Wildman–Crippen MR) is 523 cm³/mol. The number of rotatable bonds is 48. The summed E-state index contributed by atoms with van der Waals surface area (Å²) in [7, 11) is 0. The second kappa shape index (κ2) is 45.3. The van der Waals surface area contributed by atoms with Crippen molar-refractivity contribution in [2.45, 2.75) is 326 Å². The molecule has 12 aliphatic rings. The summed E-state index contributed by atoms with van der Waals surface area (Å²) in [5.41, 5.74) is 24.3. The van der Waals surface area contributed by atoms with Crippen molar-refractivity contribution in [2.24, 2.45) is 53.6 Å². The predicted octanol–water partition coefficient (Wildman–Crippen LogP) is 26.0. The highest BCUT2D eigenvalue weighted by Gasteiger charge is 2.43. The van der Waals surface area contributed by atoms with Gasteiger partial charge in [0.15, 0.2) is 0 Å². The third kappa shape index (κ3) is 22.5. The number of unbranched alkanes of at least 4 members (excludes halogenated alkanes) is 30. The van der Waals surface area contributed by atoms with E-state index in [4.69, 9.17) is 39.4 Å². The minimum Gasteiger partial charge on any atom is -0.511 e. The molecule has 6 N–H and O–H groups in total. The molecular formula is C110H142N10O8. The van der Waals surface area contributed by atoms with Crippen molar-refractivity contribution in [3.63, 3.8) is 0 Å². The number of hydrogen-bond acceptors (Lipinski definition) is 16. The van der Waals surface area contributed by atoms with Crippen LogP contribution in [0.15, 0.2) is 250 Å². The van der Waals surface area contributed by atoms with Crippen LogP contribution in [0.4, 0.5) is 0 Å². The Kier molecular flexibility index (Phi) is 33.2. The van der Waals surface area contributed by atoms with Gasteiger partial charge >= 0.3 is 11.9 Å². The molecule has 680 valence electrons. The smallest absolute Gasteiger partial charge is 0.305 e. The Balaban J connectivity index is 0.640. The fourth-order valence-corrected chi connectivity index (χ4v) is 20.8. The van der Waals surface area contributed by atoms with Gasteiger partial charge in [0.2, 0.25) is 0 Å². The van der Waals surface area contributed by atoms with Gasteiger partial charge in [0, 0.05) is 130 Å². The van der Waals surface area contributed by atoms with Crippen LogP contribution in [0.1, 0.15) is 347 Å². The maximum absolute atomic E-state index is 15.1. The van der Waals surface area contributed by atoms with Crippen molar-refractivity contribution in [2.75, 3.05) is 26.3 Å². The molecule has 18 nitrogen and oxygen atoms in total.